The fourth-order valence-corrected chi connectivity index (χ4v) is 2.54. The lowest BCUT2D eigenvalue weighted by atomic mass is 9.85. The van der Waals surface area contributed by atoms with Gasteiger partial charge in [-0.1, -0.05) is 0 Å². The van der Waals surface area contributed by atoms with Gasteiger partial charge in [0.2, 0.25) is 0 Å². The first-order valence-electron chi connectivity index (χ1n) is 8.30. The molecule has 7 nitrogen and oxygen atoms in total. The zero-order valence-electron chi connectivity index (χ0n) is 14.8. The fraction of sp³-hybridized carbons (Fsp3) is 0.938. The van der Waals surface area contributed by atoms with E-state index >= 15 is 0 Å². The van der Waals surface area contributed by atoms with Crippen LogP contribution in [0.4, 0.5) is 4.79 Å². The number of aliphatic hydroxyl groups is 2. The third kappa shape index (κ3) is 7.03. The van der Waals surface area contributed by atoms with Gasteiger partial charge in [0.15, 0.2) is 0 Å². The van der Waals surface area contributed by atoms with Crippen LogP contribution in [-0.4, -0.2) is 77.9 Å². The second-order valence-electron chi connectivity index (χ2n) is 7.08. The van der Waals surface area contributed by atoms with Gasteiger partial charge in [-0.2, -0.15) is 0 Å². The van der Waals surface area contributed by atoms with Crippen LogP contribution in [0.1, 0.15) is 40.5 Å². The summed E-state index contributed by atoms with van der Waals surface area (Å²) in [5.74, 6) is 0. The average Bonchev–Trinajstić information content (AvgIpc) is 2.45. The molecule has 1 aliphatic heterocycles. The van der Waals surface area contributed by atoms with Crippen LogP contribution in [-0.2, 0) is 9.47 Å². The Morgan fingerprint density at radius 3 is 2.43 bits per heavy atom. The maximum Gasteiger partial charge on any atom is 0.410 e. The summed E-state index contributed by atoms with van der Waals surface area (Å²) in [6.07, 6.45) is 0.702. The monoisotopic (exact) mass is 332 g/mol. The van der Waals surface area contributed by atoms with Crippen molar-refractivity contribution in [3.8, 4) is 0 Å². The maximum atomic E-state index is 12.0. The molecule has 1 unspecified atom stereocenters. The van der Waals surface area contributed by atoms with Gasteiger partial charge in [-0.3, -0.25) is 0 Å². The van der Waals surface area contributed by atoms with Crippen molar-refractivity contribution < 1.29 is 24.5 Å². The Kier molecular flexibility index (Phi) is 7.73. The predicted molar refractivity (Wildman–Crippen MR) is 87.4 cm³/mol. The number of nitrogens with zero attached hydrogens (tertiary/aromatic N) is 1. The van der Waals surface area contributed by atoms with E-state index in [1.54, 1.807) is 4.90 Å². The Balaban J connectivity index is 2.36. The van der Waals surface area contributed by atoms with Gasteiger partial charge >= 0.3 is 6.09 Å². The van der Waals surface area contributed by atoms with E-state index < -0.39 is 11.2 Å². The van der Waals surface area contributed by atoms with Crippen molar-refractivity contribution in [2.24, 2.45) is 0 Å². The number of nitrogens with one attached hydrogen (secondary N) is 1. The first-order valence-corrected chi connectivity index (χ1v) is 8.30. The van der Waals surface area contributed by atoms with Crippen LogP contribution < -0.4 is 5.32 Å². The molecule has 1 aliphatic rings. The molecule has 0 aromatic carbocycles. The third-order valence-corrected chi connectivity index (χ3v) is 4.02. The van der Waals surface area contributed by atoms with Crippen molar-refractivity contribution in [3.63, 3.8) is 0 Å². The number of amides is 1. The minimum atomic E-state index is -0.838. The number of aliphatic hydroxyl groups excluding tert-OH is 1. The Morgan fingerprint density at radius 1 is 1.30 bits per heavy atom. The van der Waals surface area contributed by atoms with Gasteiger partial charge in [-0.05, 0) is 40.5 Å². The quantitative estimate of drug-likeness (QED) is 0.596. The third-order valence-electron chi connectivity index (χ3n) is 4.02. The molecule has 1 heterocycles. The zero-order valence-corrected chi connectivity index (χ0v) is 14.8. The lowest BCUT2D eigenvalue weighted by Crippen LogP contribution is -2.56. The molecular formula is C16H32N2O5. The molecule has 0 saturated carbocycles. The van der Waals surface area contributed by atoms with Gasteiger partial charge in [0.05, 0.1) is 25.4 Å². The van der Waals surface area contributed by atoms with Crippen LogP contribution in [0, 0.1) is 0 Å². The number of hydrogen-bond donors (Lipinski definition) is 3. The van der Waals surface area contributed by atoms with E-state index in [2.05, 4.69) is 5.32 Å². The summed E-state index contributed by atoms with van der Waals surface area (Å²) in [7, 11) is 0. The van der Waals surface area contributed by atoms with E-state index in [4.69, 9.17) is 14.6 Å². The summed E-state index contributed by atoms with van der Waals surface area (Å²) in [5.41, 5.74) is -1.34. The second kappa shape index (κ2) is 8.82. The summed E-state index contributed by atoms with van der Waals surface area (Å²) < 4.78 is 10.5. The molecule has 1 atom stereocenters. The topological polar surface area (TPSA) is 91.3 Å². The highest BCUT2D eigenvalue weighted by molar-refractivity contribution is 5.68. The number of carbonyl (C=O) groups excluding carboxylic acids is 1. The Bertz CT molecular complexity index is 362. The minimum Gasteiger partial charge on any atom is -0.444 e. The molecule has 0 spiro atoms. The Labute approximate surface area is 138 Å². The van der Waals surface area contributed by atoms with Gasteiger partial charge in [-0.15, -0.1) is 0 Å². The summed E-state index contributed by atoms with van der Waals surface area (Å²) in [5, 5.41) is 22.6. The number of carbonyl (C=O) groups is 1. The number of piperidine rings is 1. The van der Waals surface area contributed by atoms with Gasteiger partial charge in [0.25, 0.3) is 0 Å². The lowest BCUT2D eigenvalue weighted by molar-refractivity contribution is -0.0517. The van der Waals surface area contributed by atoms with E-state index in [1.165, 1.54) is 0 Å². The standard InChI is InChI=1S/C16H32N2O5/c1-13(17-7-11-22-12-10-19)16(21)5-8-18(9-6-16)14(20)23-15(2,3)4/h13,17,19,21H,5-12H2,1-4H3. The first kappa shape index (κ1) is 20.2. The lowest BCUT2D eigenvalue weighted by Gasteiger charge is -2.42. The summed E-state index contributed by atoms with van der Waals surface area (Å²) >= 11 is 0. The molecule has 1 fully saturated rings. The van der Waals surface area contributed by atoms with Crippen molar-refractivity contribution in [2.45, 2.75) is 57.8 Å². The van der Waals surface area contributed by atoms with E-state index in [1.807, 2.05) is 27.7 Å². The largest absolute Gasteiger partial charge is 0.444 e. The molecule has 0 aliphatic carbocycles. The predicted octanol–water partition coefficient (Wildman–Crippen LogP) is 0.735. The molecule has 3 N–H and O–H groups in total. The molecule has 0 bridgehead atoms. The molecule has 7 heteroatoms. The normalized spacial score (nSPS) is 19.5. The van der Waals surface area contributed by atoms with Crippen LogP contribution in [0.15, 0.2) is 0 Å². The second-order valence-corrected chi connectivity index (χ2v) is 7.08. The summed E-state index contributed by atoms with van der Waals surface area (Å²) in [6, 6.07) is -0.0963. The van der Waals surface area contributed by atoms with Crippen molar-refractivity contribution in [3.05, 3.63) is 0 Å². The molecule has 0 aromatic rings. The average molecular weight is 332 g/mol. The maximum absolute atomic E-state index is 12.0. The van der Waals surface area contributed by atoms with Gasteiger partial charge in [-0.25, -0.2) is 4.79 Å². The van der Waals surface area contributed by atoms with Crippen molar-refractivity contribution in [2.75, 3.05) is 39.5 Å². The van der Waals surface area contributed by atoms with Crippen LogP contribution in [0.5, 0.6) is 0 Å². The van der Waals surface area contributed by atoms with Crippen molar-refractivity contribution in [1.29, 1.82) is 0 Å². The molecule has 1 saturated heterocycles. The Morgan fingerprint density at radius 2 is 1.91 bits per heavy atom. The van der Waals surface area contributed by atoms with Gasteiger partial charge in [0.1, 0.15) is 5.60 Å². The molecule has 1 amide bonds. The van der Waals surface area contributed by atoms with Gasteiger partial charge in [0, 0.05) is 25.7 Å². The van der Waals surface area contributed by atoms with E-state index in [-0.39, 0.29) is 18.7 Å². The van der Waals surface area contributed by atoms with E-state index in [0.29, 0.717) is 45.7 Å². The highest BCUT2D eigenvalue weighted by Gasteiger charge is 2.39. The van der Waals surface area contributed by atoms with Gasteiger partial charge < -0.3 is 29.9 Å². The highest BCUT2D eigenvalue weighted by Crippen LogP contribution is 2.26. The van der Waals surface area contributed by atoms with E-state index in [0.717, 1.165) is 0 Å². The minimum absolute atomic E-state index is 0.0139. The van der Waals surface area contributed by atoms with Crippen molar-refractivity contribution in [1.82, 2.24) is 10.2 Å². The number of hydrogen-bond acceptors (Lipinski definition) is 6. The zero-order chi connectivity index (χ0) is 17.5. The van der Waals surface area contributed by atoms with Crippen LogP contribution >= 0.6 is 0 Å². The first-order chi connectivity index (χ1) is 10.7. The van der Waals surface area contributed by atoms with E-state index in [9.17, 15) is 9.90 Å². The Hall–Kier alpha value is -0.890. The van der Waals surface area contributed by atoms with Crippen LogP contribution in [0.25, 0.3) is 0 Å². The highest BCUT2D eigenvalue weighted by atomic mass is 16.6. The van der Waals surface area contributed by atoms with Crippen LogP contribution in [0.2, 0.25) is 0 Å². The summed E-state index contributed by atoms with van der Waals surface area (Å²) in [4.78, 5) is 13.7. The number of ether oxygens (including phenoxy) is 2. The number of rotatable bonds is 7. The SMILES string of the molecule is CC(NCCOCCO)C1(O)CCN(C(=O)OC(C)(C)C)CC1. The van der Waals surface area contributed by atoms with Crippen molar-refractivity contribution >= 4 is 6.09 Å². The smallest absolute Gasteiger partial charge is 0.410 e. The molecule has 0 radical (unpaired) electrons. The number of likely N-dealkylation sites (tertiary alicyclic amines) is 1. The molecule has 0 aromatic heterocycles. The molecule has 1 rings (SSSR count). The molecule has 136 valence electrons. The van der Waals surface area contributed by atoms with Crippen LogP contribution in [0.3, 0.4) is 0 Å². The molecule has 23 heavy (non-hydrogen) atoms. The molecular weight excluding hydrogens is 300 g/mol. The summed E-state index contributed by atoms with van der Waals surface area (Å²) in [6.45, 7) is 9.88. The fourth-order valence-electron chi connectivity index (χ4n) is 2.54.